The van der Waals surface area contributed by atoms with Crippen LogP contribution in [0.1, 0.15) is 37.3 Å². The average Bonchev–Trinajstić information content (AvgIpc) is 2.55. The molecule has 1 fully saturated rings. The van der Waals surface area contributed by atoms with Crippen LogP contribution in [-0.2, 0) is 6.18 Å². The van der Waals surface area contributed by atoms with Crippen LogP contribution in [0.3, 0.4) is 0 Å². The van der Waals surface area contributed by atoms with E-state index in [4.69, 9.17) is 0 Å². The topological polar surface area (TPSA) is 75.3 Å². The molecular formula is C17H17F3N2O3. The smallest absolute Gasteiger partial charge is 0.416 e. The highest BCUT2D eigenvalue weighted by Crippen LogP contribution is 2.35. The number of benzene rings is 1. The van der Waals surface area contributed by atoms with Gasteiger partial charge in [0.15, 0.2) is 0 Å². The fourth-order valence-electron chi connectivity index (χ4n) is 3.20. The summed E-state index contributed by atoms with van der Waals surface area (Å²) in [6, 6.07) is 2.02. The molecule has 1 aromatic carbocycles. The van der Waals surface area contributed by atoms with E-state index in [0.29, 0.717) is 18.9 Å². The number of aromatic nitrogens is 2. The summed E-state index contributed by atoms with van der Waals surface area (Å²) in [5.74, 6) is -0.643. The number of halogens is 3. The Kier molecular flexibility index (Phi) is 4.55. The van der Waals surface area contributed by atoms with Gasteiger partial charge in [-0.2, -0.15) is 13.2 Å². The molecule has 0 aliphatic heterocycles. The van der Waals surface area contributed by atoms with E-state index in [1.54, 1.807) is 0 Å². The second-order valence-electron chi connectivity index (χ2n) is 6.17. The van der Waals surface area contributed by atoms with Crippen molar-refractivity contribution in [3.8, 4) is 16.9 Å². The van der Waals surface area contributed by atoms with Crippen LogP contribution in [0.5, 0.6) is 5.75 Å². The van der Waals surface area contributed by atoms with E-state index < -0.39 is 35.2 Å². The summed E-state index contributed by atoms with van der Waals surface area (Å²) in [5.41, 5.74) is -1.53. The lowest BCUT2D eigenvalue weighted by atomic mass is 9.92. The first kappa shape index (κ1) is 17.5. The van der Waals surface area contributed by atoms with Gasteiger partial charge in [0, 0.05) is 11.8 Å². The minimum atomic E-state index is -4.59. The SMILES string of the molecule is O=c1c(-c2ccc(C(F)(F)F)cc2O)cncn1[C@H]1CCCC[C@@H]1O. The third-order valence-electron chi connectivity index (χ3n) is 4.53. The molecule has 2 aromatic rings. The molecule has 0 radical (unpaired) electrons. The molecule has 0 bridgehead atoms. The Morgan fingerprint density at radius 1 is 1.16 bits per heavy atom. The van der Waals surface area contributed by atoms with Crippen LogP contribution < -0.4 is 5.56 Å². The predicted molar refractivity (Wildman–Crippen MR) is 84.1 cm³/mol. The maximum Gasteiger partial charge on any atom is 0.416 e. The van der Waals surface area contributed by atoms with Gasteiger partial charge < -0.3 is 10.2 Å². The molecule has 2 atom stereocenters. The standard InChI is InChI=1S/C17H17F3N2O3/c18-17(19,20)10-5-6-11(15(24)7-10)12-8-21-9-22(16(12)25)13-3-1-2-4-14(13)23/h5-9,13-14,23-24H,1-4H2/t13-,14-/m0/s1. The van der Waals surface area contributed by atoms with Crippen LogP contribution in [0.15, 0.2) is 35.5 Å². The fraction of sp³-hybridized carbons (Fsp3) is 0.412. The Labute approximate surface area is 141 Å². The Balaban J connectivity index is 2.04. The second kappa shape index (κ2) is 6.51. The number of alkyl halides is 3. The van der Waals surface area contributed by atoms with Gasteiger partial charge in [-0.05, 0) is 31.0 Å². The molecule has 8 heteroatoms. The summed E-state index contributed by atoms with van der Waals surface area (Å²) < 4.78 is 39.4. The van der Waals surface area contributed by atoms with Crippen molar-refractivity contribution in [2.24, 2.45) is 0 Å². The van der Waals surface area contributed by atoms with Gasteiger partial charge in [-0.3, -0.25) is 9.36 Å². The number of rotatable bonds is 2. The number of phenols is 1. The minimum Gasteiger partial charge on any atom is -0.507 e. The molecule has 1 aliphatic carbocycles. The van der Waals surface area contributed by atoms with Crippen molar-refractivity contribution >= 4 is 0 Å². The maximum absolute atomic E-state index is 12.7. The first-order valence-electron chi connectivity index (χ1n) is 7.94. The van der Waals surface area contributed by atoms with Crippen LogP contribution in [0, 0.1) is 0 Å². The maximum atomic E-state index is 12.7. The van der Waals surface area contributed by atoms with Crippen molar-refractivity contribution in [2.45, 2.75) is 44.0 Å². The van der Waals surface area contributed by atoms with Gasteiger partial charge in [0.05, 0.1) is 29.6 Å². The molecule has 0 amide bonds. The zero-order valence-corrected chi connectivity index (χ0v) is 13.2. The van der Waals surface area contributed by atoms with Crippen molar-refractivity contribution in [1.82, 2.24) is 9.55 Å². The second-order valence-corrected chi connectivity index (χ2v) is 6.17. The fourth-order valence-corrected chi connectivity index (χ4v) is 3.20. The van der Waals surface area contributed by atoms with E-state index >= 15 is 0 Å². The first-order chi connectivity index (χ1) is 11.8. The van der Waals surface area contributed by atoms with Crippen LogP contribution >= 0.6 is 0 Å². The molecule has 0 saturated heterocycles. The predicted octanol–water partition coefficient (Wildman–Crippen LogP) is 3.11. The molecule has 1 saturated carbocycles. The minimum absolute atomic E-state index is 0.00787. The molecule has 0 spiro atoms. The van der Waals surface area contributed by atoms with Gasteiger partial charge >= 0.3 is 6.18 Å². The van der Waals surface area contributed by atoms with Crippen LogP contribution in [0.2, 0.25) is 0 Å². The third-order valence-corrected chi connectivity index (χ3v) is 4.53. The first-order valence-corrected chi connectivity index (χ1v) is 7.94. The zero-order chi connectivity index (χ0) is 18.2. The molecule has 134 valence electrons. The van der Waals surface area contributed by atoms with E-state index in [0.717, 1.165) is 25.0 Å². The lowest BCUT2D eigenvalue weighted by Gasteiger charge is -2.29. The highest BCUT2D eigenvalue weighted by atomic mass is 19.4. The van der Waals surface area contributed by atoms with Crippen molar-refractivity contribution < 1.29 is 23.4 Å². The van der Waals surface area contributed by atoms with E-state index in [1.165, 1.54) is 17.1 Å². The van der Waals surface area contributed by atoms with Crippen molar-refractivity contribution in [3.05, 3.63) is 46.6 Å². The largest absolute Gasteiger partial charge is 0.507 e. The van der Waals surface area contributed by atoms with Crippen LogP contribution in [0.4, 0.5) is 13.2 Å². The van der Waals surface area contributed by atoms with E-state index in [2.05, 4.69) is 4.98 Å². The summed E-state index contributed by atoms with van der Waals surface area (Å²) in [5, 5.41) is 20.1. The van der Waals surface area contributed by atoms with Crippen LogP contribution in [-0.4, -0.2) is 25.9 Å². The molecule has 3 rings (SSSR count). The molecule has 2 N–H and O–H groups in total. The number of hydrogen-bond acceptors (Lipinski definition) is 4. The third kappa shape index (κ3) is 3.39. The summed E-state index contributed by atoms with van der Waals surface area (Å²) in [4.78, 5) is 16.7. The molecule has 25 heavy (non-hydrogen) atoms. The van der Waals surface area contributed by atoms with Gasteiger partial charge in [0.25, 0.3) is 5.56 Å². The molecule has 1 heterocycles. The van der Waals surface area contributed by atoms with Crippen molar-refractivity contribution in [1.29, 1.82) is 0 Å². The van der Waals surface area contributed by atoms with Crippen molar-refractivity contribution in [2.75, 3.05) is 0 Å². The van der Waals surface area contributed by atoms with Crippen molar-refractivity contribution in [3.63, 3.8) is 0 Å². The normalized spacial score (nSPS) is 21.3. The summed E-state index contributed by atoms with van der Waals surface area (Å²) >= 11 is 0. The number of phenolic OH excluding ortho intramolecular Hbond substituents is 1. The van der Waals surface area contributed by atoms with Gasteiger partial charge in [-0.1, -0.05) is 12.8 Å². The number of hydrogen-bond donors (Lipinski definition) is 2. The highest BCUT2D eigenvalue weighted by molar-refractivity contribution is 5.69. The molecular weight excluding hydrogens is 337 g/mol. The Bertz CT molecular complexity index is 833. The van der Waals surface area contributed by atoms with E-state index in [9.17, 15) is 28.2 Å². The Morgan fingerprint density at radius 2 is 1.88 bits per heavy atom. The molecule has 5 nitrogen and oxygen atoms in total. The van der Waals surface area contributed by atoms with Gasteiger partial charge in [0.2, 0.25) is 0 Å². The lowest BCUT2D eigenvalue weighted by Crippen LogP contribution is -2.35. The molecule has 1 aromatic heterocycles. The Hall–Kier alpha value is -2.35. The number of aromatic hydroxyl groups is 1. The number of aliphatic hydroxyl groups is 1. The van der Waals surface area contributed by atoms with Gasteiger partial charge in [-0.25, -0.2) is 4.98 Å². The summed E-state index contributed by atoms with van der Waals surface area (Å²) in [6.07, 6.45) is 0.186. The average molecular weight is 354 g/mol. The zero-order valence-electron chi connectivity index (χ0n) is 13.2. The number of aliphatic hydroxyl groups excluding tert-OH is 1. The number of nitrogens with zero attached hydrogens (tertiary/aromatic N) is 2. The molecule has 1 aliphatic rings. The quantitative estimate of drug-likeness (QED) is 0.869. The summed E-state index contributed by atoms with van der Waals surface area (Å²) in [6.45, 7) is 0. The van der Waals surface area contributed by atoms with Crippen LogP contribution in [0.25, 0.3) is 11.1 Å². The highest BCUT2D eigenvalue weighted by Gasteiger charge is 2.32. The van der Waals surface area contributed by atoms with E-state index in [1.807, 2.05) is 0 Å². The summed E-state index contributed by atoms with van der Waals surface area (Å²) in [7, 11) is 0. The van der Waals surface area contributed by atoms with Gasteiger partial charge in [0.1, 0.15) is 5.75 Å². The molecule has 0 unspecified atom stereocenters. The van der Waals surface area contributed by atoms with Gasteiger partial charge in [-0.15, -0.1) is 0 Å². The monoisotopic (exact) mass is 354 g/mol. The lowest BCUT2D eigenvalue weighted by molar-refractivity contribution is -0.137. The van der Waals surface area contributed by atoms with E-state index in [-0.39, 0.29) is 11.1 Å². The Morgan fingerprint density at radius 3 is 2.52 bits per heavy atom.